The number of rotatable bonds is 7. The van der Waals surface area contributed by atoms with E-state index in [0.717, 1.165) is 35.0 Å². The average molecular weight is 534 g/mol. The van der Waals surface area contributed by atoms with Gasteiger partial charge in [-0.05, 0) is 49.2 Å². The van der Waals surface area contributed by atoms with Crippen molar-refractivity contribution in [3.63, 3.8) is 0 Å². The summed E-state index contributed by atoms with van der Waals surface area (Å²) in [6, 6.07) is 10.7. The zero-order valence-corrected chi connectivity index (χ0v) is 21.1. The van der Waals surface area contributed by atoms with Crippen LogP contribution in [0, 0.1) is 0 Å². The molecule has 2 aromatic carbocycles. The molecule has 0 unspecified atom stereocenters. The Labute approximate surface area is 216 Å². The first-order valence-electron chi connectivity index (χ1n) is 11.6. The molecule has 1 N–H and O–H groups in total. The number of hydrogen-bond acceptors (Lipinski definition) is 7. The van der Waals surface area contributed by atoms with Crippen LogP contribution < -0.4 is 5.32 Å². The molecule has 37 heavy (non-hydrogen) atoms. The highest BCUT2D eigenvalue weighted by atomic mass is 32.2. The molecule has 7 nitrogen and oxygen atoms in total. The lowest BCUT2D eigenvalue weighted by Gasteiger charge is -2.40. The largest absolute Gasteiger partial charge is 0.460 e. The van der Waals surface area contributed by atoms with E-state index >= 15 is 0 Å². The van der Waals surface area contributed by atoms with Crippen molar-refractivity contribution in [2.24, 2.45) is 4.99 Å². The number of ether oxygens (including phenoxy) is 2. The number of carbonyl (C=O) groups excluding carboxylic acids is 2. The van der Waals surface area contributed by atoms with Crippen LogP contribution in [0.5, 0.6) is 0 Å². The summed E-state index contributed by atoms with van der Waals surface area (Å²) >= 11 is 1.63. The summed E-state index contributed by atoms with van der Waals surface area (Å²) in [7, 11) is 1.52. The van der Waals surface area contributed by atoms with E-state index in [1.165, 1.54) is 19.2 Å². The number of hydrogen-bond donors (Lipinski definition) is 1. The zero-order valence-electron chi connectivity index (χ0n) is 20.3. The maximum atomic E-state index is 13.0. The molecule has 1 fully saturated rings. The predicted molar refractivity (Wildman–Crippen MR) is 135 cm³/mol. The van der Waals surface area contributed by atoms with Crippen LogP contribution in [0.15, 0.2) is 64.8 Å². The van der Waals surface area contributed by atoms with Crippen molar-refractivity contribution in [2.75, 3.05) is 37.9 Å². The van der Waals surface area contributed by atoms with Crippen molar-refractivity contribution in [3.8, 4) is 0 Å². The molecule has 11 heteroatoms. The number of nitrogens with one attached hydrogen (secondary N) is 1. The minimum Gasteiger partial charge on any atom is -0.460 e. The minimum atomic E-state index is -4.54. The molecule has 2 heterocycles. The quantitative estimate of drug-likeness (QED) is 0.386. The lowest BCUT2D eigenvalue weighted by molar-refractivity contribution is -0.141. The number of amidine groups is 1. The number of anilines is 1. The number of halogens is 3. The van der Waals surface area contributed by atoms with Crippen LogP contribution in [0.4, 0.5) is 18.9 Å². The smallest absolute Gasteiger partial charge is 0.416 e. The highest BCUT2D eigenvalue weighted by molar-refractivity contribution is 8.13. The minimum absolute atomic E-state index is 0.1000. The van der Waals surface area contributed by atoms with E-state index in [1.54, 1.807) is 43.0 Å². The maximum absolute atomic E-state index is 13.0. The van der Waals surface area contributed by atoms with E-state index in [1.807, 2.05) is 0 Å². The van der Waals surface area contributed by atoms with Crippen LogP contribution in [0.1, 0.15) is 40.9 Å². The number of methoxy groups -OCH3 is 1. The van der Waals surface area contributed by atoms with Crippen LogP contribution in [-0.2, 0) is 20.4 Å². The Bertz CT molecular complexity index is 1230. The van der Waals surface area contributed by atoms with E-state index in [0.29, 0.717) is 23.5 Å². The van der Waals surface area contributed by atoms with Crippen molar-refractivity contribution in [2.45, 2.75) is 25.6 Å². The van der Waals surface area contributed by atoms with Crippen molar-refractivity contribution in [1.29, 1.82) is 0 Å². The fraction of sp³-hybridized carbons (Fsp3) is 0.346. The van der Waals surface area contributed by atoms with Crippen molar-refractivity contribution in [1.82, 2.24) is 4.90 Å². The monoisotopic (exact) mass is 533 g/mol. The number of benzene rings is 2. The molecule has 2 aliphatic heterocycles. The van der Waals surface area contributed by atoms with E-state index in [-0.39, 0.29) is 18.8 Å². The Kier molecular flexibility index (Phi) is 8.23. The Hall–Kier alpha value is -3.31. The van der Waals surface area contributed by atoms with Gasteiger partial charge in [0, 0.05) is 30.7 Å². The Morgan fingerprint density at radius 3 is 2.62 bits per heavy atom. The van der Waals surface area contributed by atoms with E-state index < -0.39 is 29.7 Å². The molecule has 1 saturated heterocycles. The first kappa shape index (κ1) is 26.7. The Morgan fingerprint density at radius 2 is 1.92 bits per heavy atom. The van der Waals surface area contributed by atoms with Crippen molar-refractivity contribution < 1.29 is 32.2 Å². The van der Waals surface area contributed by atoms with Crippen LogP contribution >= 0.6 is 11.8 Å². The van der Waals surface area contributed by atoms with E-state index in [2.05, 4.69) is 15.2 Å². The van der Waals surface area contributed by atoms with Crippen molar-refractivity contribution in [3.05, 3.63) is 76.5 Å². The molecule has 0 aliphatic carbocycles. The number of allylic oxidation sites excluding steroid dienone is 1. The van der Waals surface area contributed by atoms with Gasteiger partial charge in [0.2, 0.25) is 0 Å². The molecule has 1 atom stereocenters. The van der Waals surface area contributed by atoms with Gasteiger partial charge in [-0.3, -0.25) is 4.79 Å². The third-order valence-corrected chi connectivity index (χ3v) is 7.01. The molecule has 0 bridgehead atoms. The van der Waals surface area contributed by atoms with Crippen LogP contribution in [0.3, 0.4) is 0 Å². The van der Waals surface area contributed by atoms with Gasteiger partial charge in [-0.15, -0.1) is 0 Å². The number of nitrogens with zero attached hydrogens (tertiary/aromatic N) is 2. The van der Waals surface area contributed by atoms with E-state index in [9.17, 15) is 22.8 Å². The number of aliphatic imine (C=N–C) groups is 1. The number of alkyl halides is 3. The molecule has 1 amide bonds. The third kappa shape index (κ3) is 6.16. The van der Waals surface area contributed by atoms with Gasteiger partial charge >= 0.3 is 12.1 Å². The number of carbonyl (C=O) groups is 2. The average Bonchev–Trinajstić information content (AvgIpc) is 2.88. The van der Waals surface area contributed by atoms with Gasteiger partial charge < -0.3 is 19.7 Å². The first-order chi connectivity index (χ1) is 17.7. The van der Waals surface area contributed by atoms with Gasteiger partial charge in [-0.1, -0.05) is 30.0 Å². The molecule has 0 radical (unpaired) electrons. The van der Waals surface area contributed by atoms with Gasteiger partial charge in [0.1, 0.15) is 6.61 Å². The zero-order chi connectivity index (χ0) is 26.6. The molecule has 2 aliphatic rings. The van der Waals surface area contributed by atoms with Crippen LogP contribution in [-0.4, -0.2) is 54.6 Å². The fourth-order valence-corrected chi connectivity index (χ4v) is 5.18. The Morgan fingerprint density at radius 1 is 1.16 bits per heavy atom. The van der Waals surface area contributed by atoms with Gasteiger partial charge in [0.15, 0.2) is 5.17 Å². The molecular weight excluding hydrogens is 507 g/mol. The second kappa shape index (κ2) is 11.4. The second-order valence-corrected chi connectivity index (χ2v) is 9.54. The fourth-order valence-electron chi connectivity index (χ4n) is 4.16. The molecular formula is C26H26F3N3O4S. The maximum Gasteiger partial charge on any atom is 0.416 e. The lowest BCUT2D eigenvalue weighted by Crippen LogP contribution is -2.42. The van der Waals surface area contributed by atoms with Crippen LogP contribution in [0.25, 0.3) is 0 Å². The Balaban J connectivity index is 1.57. The lowest BCUT2D eigenvalue weighted by atomic mass is 9.94. The normalized spacial score (nSPS) is 17.7. The molecule has 0 saturated carbocycles. The molecule has 196 valence electrons. The molecule has 2 aromatic rings. The third-order valence-electron chi connectivity index (χ3n) is 5.94. The highest BCUT2D eigenvalue weighted by Gasteiger charge is 2.38. The van der Waals surface area contributed by atoms with Gasteiger partial charge in [0.05, 0.1) is 29.5 Å². The molecule has 0 spiro atoms. The summed E-state index contributed by atoms with van der Waals surface area (Å²) in [5.41, 5.74) is 1.23. The summed E-state index contributed by atoms with van der Waals surface area (Å²) < 4.78 is 49.4. The molecule has 0 aromatic heterocycles. The topological polar surface area (TPSA) is 80.2 Å². The number of amides is 1. The van der Waals surface area contributed by atoms with E-state index in [4.69, 9.17) is 9.47 Å². The number of fused-ring (bicyclic) bond motifs is 1. The highest BCUT2D eigenvalue weighted by Crippen LogP contribution is 2.40. The van der Waals surface area contributed by atoms with Crippen LogP contribution in [0.2, 0.25) is 0 Å². The summed E-state index contributed by atoms with van der Waals surface area (Å²) in [5.74, 6) is -0.194. The summed E-state index contributed by atoms with van der Waals surface area (Å²) in [4.78, 5) is 32.3. The summed E-state index contributed by atoms with van der Waals surface area (Å²) in [6.07, 6.45) is -3.61. The van der Waals surface area contributed by atoms with Gasteiger partial charge in [-0.2, -0.15) is 13.2 Å². The SMILES string of the molecule is COCCOC(=O)C1=C(C)N=C2SCCCN2[C@H]1c1ccc(NC(=O)c2cccc(C(F)(F)F)c2)cc1. The first-order valence-corrected chi connectivity index (χ1v) is 12.6. The number of esters is 1. The van der Waals surface area contributed by atoms with Gasteiger partial charge in [0.25, 0.3) is 5.91 Å². The predicted octanol–water partition coefficient (Wildman–Crippen LogP) is 5.27. The van der Waals surface area contributed by atoms with Gasteiger partial charge in [-0.25, -0.2) is 9.79 Å². The summed E-state index contributed by atoms with van der Waals surface area (Å²) in [6.45, 7) is 2.89. The second-order valence-electron chi connectivity index (χ2n) is 8.47. The van der Waals surface area contributed by atoms with Crippen molar-refractivity contribution >= 4 is 34.5 Å². The molecule has 4 rings (SSSR count). The standard InChI is InChI=1S/C26H26F3N3O4S/c1-16-21(24(34)36-13-12-35-2)22(32-11-4-14-37-25(32)30-16)17-7-9-20(10-8-17)31-23(33)18-5-3-6-19(15-18)26(27,28)29/h3,5-10,15,22H,4,11-14H2,1-2H3,(H,31,33)/t22-/m0/s1. The summed E-state index contributed by atoms with van der Waals surface area (Å²) in [5, 5.41) is 3.47. The number of thioether (sulfide) groups is 1.